The molecule has 4 heteroatoms. The highest BCUT2D eigenvalue weighted by Crippen LogP contribution is 2.36. The molecular weight excluding hydrogens is 283 g/mol. The van der Waals surface area contributed by atoms with E-state index in [0.29, 0.717) is 5.92 Å². The first kappa shape index (κ1) is 8.87. The average Bonchev–Trinajstić information content (AvgIpc) is 2.58. The first-order valence-electron chi connectivity index (χ1n) is 4.25. The normalized spacial score (nSPS) is 29.5. The average molecular weight is 294 g/mol. The lowest BCUT2D eigenvalue weighted by atomic mass is 10.1. The van der Waals surface area contributed by atoms with Gasteiger partial charge in [0.05, 0.1) is 0 Å². The van der Waals surface area contributed by atoms with Crippen LogP contribution in [0.25, 0.3) is 0 Å². The molecule has 2 rings (SSSR count). The van der Waals surface area contributed by atoms with Gasteiger partial charge in [-0.25, -0.2) is 4.98 Å². The Morgan fingerprint density at radius 1 is 1.50 bits per heavy atom. The maximum Gasteiger partial charge on any atom is 0.173 e. The molecule has 66 valence electrons. The van der Waals surface area contributed by atoms with Crippen LogP contribution in [0.2, 0.25) is 0 Å². The highest BCUT2D eigenvalue weighted by Gasteiger charge is 2.25. The van der Waals surface area contributed by atoms with E-state index >= 15 is 0 Å². The van der Waals surface area contributed by atoms with Crippen LogP contribution in [0.3, 0.4) is 0 Å². The van der Waals surface area contributed by atoms with Crippen LogP contribution < -0.4 is 0 Å². The van der Waals surface area contributed by atoms with Crippen molar-refractivity contribution >= 4 is 34.1 Å². The minimum Gasteiger partial charge on any atom is -0.213 e. The molecular formula is C8H11IN2S. The minimum absolute atomic E-state index is 0.653. The Morgan fingerprint density at radius 2 is 2.33 bits per heavy atom. The van der Waals surface area contributed by atoms with E-state index < -0.39 is 0 Å². The molecule has 0 saturated heterocycles. The molecule has 2 nitrogen and oxygen atoms in total. The Balaban J connectivity index is 2.11. The number of nitrogens with zero attached hydrogens (tertiary/aromatic N) is 2. The summed E-state index contributed by atoms with van der Waals surface area (Å²) in [5.41, 5.74) is 0. The highest BCUT2D eigenvalue weighted by atomic mass is 127. The molecule has 2 unspecified atom stereocenters. The lowest BCUT2D eigenvalue weighted by Crippen LogP contribution is -1.95. The Morgan fingerprint density at radius 3 is 2.83 bits per heavy atom. The maximum atomic E-state index is 4.42. The van der Waals surface area contributed by atoms with Gasteiger partial charge in [-0.2, -0.15) is 4.37 Å². The highest BCUT2D eigenvalue weighted by molar-refractivity contribution is 14.1. The Labute approximate surface area is 90.1 Å². The molecule has 1 fully saturated rings. The molecule has 0 aliphatic heterocycles. The molecule has 0 aromatic carbocycles. The van der Waals surface area contributed by atoms with E-state index in [1.807, 2.05) is 0 Å². The zero-order valence-electron chi connectivity index (χ0n) is 6.96. The van der Waals surface area contributed by atoms with Gasteiger partial charge in [0.2, 0.25) is 0 Å². The Kier molecular flexibility index (Phi) is 2.64. The van der Waals surface area contributed by atoms with Crippen LogP contribution in [0.5, 0.6) is 0 Å². The van der Waals surface area contributed by atoms with Crippen molar-refractivity contribution < 1.29 is 0 Å². The van der Waals surface area contributed by atoms with E-state index in [1.54, 1.807) is 0 Å². The third kappa shape index (κ3) is 1.79. The van der Waals surface area contributed by atoms with Gasteiger partial charge in [0.25, 0.3) is 0 Å². The van der Waals surface area contributed by atoms with E-state index in [1.165, 1.54) is 30.8 Å². The zero-order chi connectivity index (χ0) is 8.55. The standard InChI is InChI=1S/C8H11IN2S/c1-5-2-3-6(4-5)7-10-8(9)12-11-7/h5-6H,2-4H2,1H3. The molecule has 0 radical (unpaired) electrons. The summed E-state index contributed by atoms with van der Waals surface area (Å²) in [4.78, 5) is 4.42. The molecule has 1 saturated carbocycles. The predicted octanol–water partition coefficient (Wildman–Crippen LogP) is 3.05. The van der Waals surface area contributed by atoms with Crippen LogP contribution in [0.1, 0.15) is 37.9 Å². The Hall–Kier alpha value is 0.290. The number of rotatable bonds is 1. The minimum atomic E-state index is 0.653. The number of aromatic nitrogens is 2. The fourth-order valence-corrected chi connectivity index (χ4v) is 2.86. The van der Waals surface area contributed by atoms with E-state index in [2.05, 4.69) is 38.9 Å². The van der Waals surface area contributed by atoms with Gasteiger partial charge in [0, 0.05) is 5.92 Å². The zero-order valence-corrected chi connectivity index (χ0v) is 9.93. The second kappa shape index (κ2) is 3.57. The molecule has 2 atom stereocenters. The summed E-state index contributed by atoms with van der Waals surface area (Å²) in [5, 5.41) is 0. The van der Waals surface area contributed by atoms with E-state index in [-0.39, 0.29) is 0 Å². The van der Waals surface area contributed by atoms with Crippen LogP contribution in [0.15, 0.2) is 0 Å². The summed E-state index contributed by atoms with van der Waals surface area (Å²) in [7, 11) is 0. The summed E-state index contributed by atoms with van der Waals surface area (Å²) in [6.07, 6.45) is 3.92. The summed E-state index contributed by atoms with van der Waals surface area (Å²) >= 11 is 3.76. The van der Waals surface area contributed by atoms with Gasteiger partial charge in [-0.3, -0.25) is 0 Å². The second-order valence-electron chi connectivity index (χ2n) is 3.52. The van der Waals surface area contributed by atoms with Gasteiger partial charge >= 0.3 is 0 Å². The topological polar surface area (TPSA) is 25.8 Å². The third-order valence-electron chi connectivity index (χ3n) is 2.48. The van der Waals surface area contributed by atoms with Gasteiger partial charge < -0.3 is 0 Å². The molecule has 0 bridgehead atoms. The predicted molar refractivity (Wildman–Crippen MR) is 58.4 cm³/mol. The third-order valence-corrected chi connectivity index (χ3v) is 3.83. The SMILES string of the molecule is CC1CCC(c2nsc(I)n2)C1. The summed E-state index contributed by atoms with van der Waals surface area (Å²) in [5.74, 6) is 2.62. The van der Waals surface area contributed by atoms with Gasteiger partial charge in [0.15, 0.2) is 3.01 Å². The van der Waals surface area contributed by atoms with Crippen molar-refractivity contribution in [1.82, 2.24) is 9.36 Å². The van der Waals surface area contributed by atoms with Crippen molar-refractivity contribution in [2.24, 2.45) is 5.92 Å². The van der Waals surface area contributed by atoms with Crippen LogP contribution in [-0.4, -0.2) is 9.36 Å². The van der Waals surface area contributed by atoms with Crippen molar-refractivity contribution in [3.8, 4) is 0 Å². The van der Waals surface area contributed by atoms with E-state index in [9.17, 15) is 0 Å². The molecule has 1 aromatic rings. The first-order chi connectivity index (χ1) is 5.75. The quantitative estimate of drug-likeness (QED) is 0.744. The monoisotopic (exact) mass is 294 g/mol. The molecule has 12 heavy (non-hydrogen) atoms. The van der Waals surface area contributed by atoms with Crippen LogP contribution in [0, 0.1) is 8.93 Å². The maximum absolute atomic E-state index is 4.42. The van der Waals surface area contributed by atoms with Crippen LogP contribution in [-0.2, 0) is 0 Å². The molecule has 1 aliphatic rings. The van der Waals surface area contributed by atoms with E-state index in [4.69, 9.17) is 0 Å². The smallest absolute Gasteiger partial charge is 0.173 e. The van der Waals surface area contributed by atoms with Crippen molar-refractivity contribution in [3.63, 3.8) is 0 Å². The Bertz CT molecular complexity index is 274. The van der Waals surface area contributed by atoms with Crippen molar-refractivity contribution in [2.45, 2.75) is 32.1 Å². The molecule has 0 amide bonds. The van der Waals surface area contributed by atoms with Crippen LogP contribution >= 0.6 is 34.1 Å². The summed E-state index contributed by atoms with van der Waals surface area (Å²) < 4.78 is 5.43. The summed E-state index contributed by atoms with van der Waals surface area (Å²) in [6, 6.07) is 0. The van der Waals surface area contributed by atoms with Gasteiger partial charge in [-0.05, 0) is 59.3 Å². The largest absolute Gasteiger partial charge is 0.213 e. The van der Waals surface area contributed by atoms with Gasteiger partial charge in [0.1, 0.15) is 5.82 Å². The lowest BCUT2D eigenvalue weighted by molar-refractivity contribution is 0.588. The van der Waals surface area contributed by atoms with Crippen molar-refractivity contribution in [2.75, 3.05) is 0 Å². The lowest BCUT2D eigenvalue weighted by Gasteiger charge is -2.02. The molecule has 0 N–H and O–H groups in total. The van der Waals surface area contributed by atoms with Crippen molar-refractivity contribution in [3.05, 3.63) is 8.84 Å². The fraction of sp³-hybridized carbons (Fsp3) is 0.750. The van der Waals surface area contributed by atoms with Crippen molar-refractivity contribution in [1.29, 1.82) is 0 Å². The first-order valence-corrected chi connectivity index (χ1v) is 6.10. The number of hydrogen-bond donors (Lipinski definition) is 0. The van der Waals surface area contributed by atoms with Gasteiger partial charge in [-0.15, -0.1) is 0 Å². The van der Waals surface area contributed by atoms with Crippen LogP contribution in [0.4, 0.5) is 0 Å². The van der Waals surface area contributed by atoms with Gasteiger partial charge in [-0.1, -0.05) is 6.92 Å². The number of hydrogen-bond acceptors (Lipinski definition) is 3. The molecule has 0 spiro atoms. The molecule has 1 aliphatic carbocycles. The summed E-state index contributed by atoms with van der Waals surface area (Å²) in [6.45, 7) is 2.32. The van der Waals surface area contributed by atoms with E-state index in [0.717, 1.165) is 14.8 Å². The number of halogens is 1. The fourth-order valence-electron chi connectivity index (χ4n) is 1.82. The molecule has 1 heterocycles. The second-order valence-corrected chi connectivity index (χ2v) is 6.03. The molecule has 1 aromatic heterocycles.